The van der Waals surface area contributed by atoms with E-state index in [1.165, 1.54) is 19.3 Å². The zero-order valence-corrected chi connectivity index (χ0v) is 21.7. The first-order valence-corrected chi connectivity index (χ1v) is 12.6. The molecule has 1 aromatic carbocycles. The van der Waals surface area contributed by atoms with Gasteiger partial charge in [0.15, 0.2) is 0 Å². The maximum atomic E-state index is 13.1. The van der Waals surface area contributed by atoms with Crippen molar-refractivity contribution in [3.8, 4) is 0 Å². The zero-order valence-electron chi connectivity index (χ0n) is 19.4. The number of H-pyrrole nitrogens is 1. The number of nitrogens with zero attached hydrogens (tertiary/aromatic N) is 1. The monoisotopic (exact) mass is 521 g/mol. The minimum Gasteiger partial charge on any atom is -0.368 e. The summed E-state index contributed by atoms with van der Waals surface area (Å²) in [6.07, 6.45) is 6.00. The number of benzene rings is 1. The minimum absolute atomic E-state index is 0.150. The Labute approximate surface area is 204 Å². The molecule has 0 bridgehead atoms. The molecule has 2 N–H and O–H groups in total. The SMILES string of the molecule is CCC1CCC(N(CC)c2cc(Br)cc(C(=O)NCc3c(C)cc(C)[nH]c3=O)c2Cl)CC1. The van der Waals surface area contributed by atoms with Gasteiger partial charge in [0.25, 0.3) is 11.5 Å². The van der Waals surface area contributed by atoms with E-state index in [1.807, 2.05) is 26.0 Å². The summed E-state index contributed by atoms with van der Waals surface area (Å²) in [4.78, 5) is 30.5. The maximum absolute atomic E-state index is 13.1. The second kappa shape index (κ2) is 10.9. The third kappa shape index (κ3) is 5.57. The van der Waals surface area contributed by atoms with Crippen LogP contribution >= 0.6 is 27.5 Å². The van der Waals surface area contributed by atoms with Crippen LogP contribution in [0, 0.1) is 19.8 Å². The predicted octanol–water partition coefficient (Wildman–Crippen LogP) is 6.13. The van der Waals surface area contributed by atoms with Crippen LogP contribution in [0.4, 0.5) is 5.69 Å². The number of carbonyl (C=O) groups is 1. The van der Waals surface area contributed by atoms with Gasteiger partial charge in [-0.25, -0.2) is 0 Å². The van der Waals surface area contributed by atoms with Gasteiger partial charge in [-0.05, 0) is 76.1 Å². The number of pyridine rings is 1. The zero-order chi connectivity index (χ0) is 23.4. The fourth-order valence-electron chi connectivity index (χ4n) is 4.80. The van der Waals surface area contributed by atoms with Crippen LogP contribution < -0.4 is 15.8 Å². The number of hydrogen-bond acceptors (Lipinski definition) is 3. The van der Waals surface area contributed by atoms with E-state index in [-0.39, 0.29) is 18.0 Å². The largest absolute Gasteiger partial charge is 0.368 e. The van der Waals surface area contributed by atoms with Crippen LogP contribution in [0.3, 0.4) is 0 Å². The summed E-state index contributed by atoms with van der Waals surface area (Å²) in [5.41, 5.74) is 3.33. The smallest absolute Gasteiger partial charge is 0.253 e. The Balaban J connectivity index is 1.82. The number of anilines is 1. The van der Waals surface area contributed by atoms with Crippen molar-refractivity contribution < 1.29 is 4.79 Å². The first-order valence-electron chi connectivity index (χ1n) is 11.5. The number of hydrogen-bond donors (Lipinski definition) is 2. The topological polar surface area (TPSA) is 65.2 Å². The first kappa shape index (κ1) is 24.8. The van der Waals surface area contributed by atoms with E-state index in [0.717, 1.165) is 46.7 Å². The number of rotatable bonds is 7. The Bertz CT molecular complexity index is 1030. The third-order valence-electron chi connectivity index (χ3n) is 6.67. The molecule has 0 aliphatic heterocycles. The van der Waals surface area contributed by atoms with Gasteiger partial charge in [0, 0.05) is 34.9 Å². The van der Waals surface area contributed by atoms with Gasteiger partial charge < -0.3 is 15.2 Å². The fourth-order valence-corrected chi connectivity index (χ4v) is 5.55. The van der Waals surface area contributed by atoms with Crippen LogP contribution in [0.1, 0.15) is 73.1 Å². The lowest BCUT2D eigenvalue weighted by Gasteiger charge is -2.38. The van der Waals surface area contributed by atoms with Gasteiger partial charge in [0.2, 0.25) is 0 Å². The van der Waals surface area contributed by atoms with Gasteiger partial charge in [-0.15, -0.1) is 0 Å². The summed E-state index contributed by atoms with van der Waals surface area (Å²) in [6, 6.07) is 6.08. The second-order valence-corrected chi connectivity index (χ2v) is 10.1. The molecule has 1 saturated carbocycles. The molecule has 0 saturated heterocycles. The van der Waals surface area contributed by atoms with Gasteiger partial charge in [-0.3, -0.25) is 9.59 Å². The van der Waals surface area contributed by atoms with Crippen molar-refractivity contribution in [2.24, 2.45) is 5.92 Å². The van der Waals surface area contributed by atoms with Crippen LogP contribution in [-0.4, -0.2) is 23.5 Å². The van der Waals surface area contributed by atoms with Gasteiger partial charge in [0.05, 0.1) is 16.3 Å². The van der Waals surface area contributed by atoms with Crippen molar-refractivity contribution in [2.45, 2.75) is 72.4 Å². The molecule has 0 atom stereocenters. The number of halogens is 2. The van der Waals surface area contributed by atoms with Crippen molar-refractivity contribution in [3.05, 3.63) is 60.4 Å². The van der Waals surface area contributed by atoms with Gasteiger partial charge in [-0.1, -0.05) is 40.9 Å². The van der Waals surface area contributed by atoms with E-state index in [0.29, 0.717) is 22.2 Å². The average Bonchev–Trinajstić information content (AvgIpc) is 2.75. The number of aromatic amines is 1. The molecule has 5 nitrogen and oxygen atoms in total. The van der Waals surface area contributed by atoms with Crippen LogP contribution in [-0.2, 0) is 6.54 Å². The second-order valence-electron chi connectivity index (χ2n) is 8.78. The lowest BCUT2D eigenvalue weighted by atomic mass is 9.83. The van der Waals surface area contributed by atoms with Gasteiger partial charge in [0.1, 0.15) is 0 Å². The molecule has 174 valence electrons. The molecule has 1 fully saturated rings. The van der Waals surface area contributed by atoms with E-state index >= 15 is 0 Å². The highest BCUT2D eigenvalue weighted by Crippen LogP contribution is 2.38. The highest BCUT2D eigenvalue weighted by atomic mass is 79.9. The number of aryl methyl sites for hydroxylation is 2. The molecule has 0 radical (unpaired) electrons. The Hall–Kier alpha value is -1.79. The van der Waals surface area contributed by atoms with Crippen LogP contribution in [0.5, 0.6) is 0 Å². The molecule has 0 spiro atoms. The van der Waals surface area contributed by atoms with Crippen molar-refractivity contribution in [2.75, 3.05) is 11.4 Å². The molecular weight excluding hydrogens is 490 g/mol. The molecule has 1 amide bonds. The van der Waals surface area contributed by atoms with Gasteiger partial charge >= 0.3 is 0 Å². The summed E-state index contributed by atoms with van der Waals surface area (Å²) in [5.74, 6) is 0.528. The number of aromatic nitrogens is 1. The summed E-state index contributed by atoms with van der Waals surface area (Å²) in [6.45, 7) is 9.10. The molecule has 7 heteroatoms. The third-order valence-corrected chi connectivity index (χ3v) is 7.52. The van der Waals surface area contributed by atoms with Crippen LogP contribution in [0.25, 0.3) is 0 Å². The molecule has 2 aromatic rings. The molecule has 1 aromatic heterocycles. The molecule has 1 aliphatic carbocycles. The number of carbonyl (C=O) groups excluding carboxylic acids is 1. The molecule has 0 unspecified atom stereocenters. The summed E-state index contributed by atoms with van der Waals surface area (Å²) in [7, 11) is 0. The molecule has 3 rings (SSSR count). The lowest BCUT2D eigenvalue weighted by Crippen LogP contribution is -2.38. The van der Waals surface area contributed by atoms with Crippen molar-refractivity contribution in [3.63, 3.8) is 0 Å². The summed E-state index contributed by atoms with van der Waals surface area (Å²) >= 11 is 10.4. The van der Waals surface area contributed by atoms with Crippen molar-refractivity contribution in [1.82, 2.24) is 10.3 Å². The van der Waals surface area contributed by atoms with E-state index in [4.69, 9.17) is 11.6 Å². The van der Waals surface area contributed by atoms with Crippen LogP contribution in [0.2, 0.25) is 5.02 Å². The summed E-state index contributed by atoms with van der Waals surface area (Å²) in [5, 5.41) is 3.34. The standard InChI is InChI=1S/C25H33BrClN3O2/c1-5-17-7-9-19(10-8-17)30(6-2)22-13-18(26)12-20(23(22)27)24(31)28-14-21-15(3)11-16(4)29-25(21)32/h11-13,17,19H,5-10,14H2,1-4H3,(H,28,31)(H,29,32). The quantitative estimate of drug-likeness (QED) is 0.459. The first-order chi connectivity index (χ1) is 15.2. The molecule has 1 heterocycles. The number of nitrogens with one attached hydrogen (secondary N) is 2. The summed E-state index contributed by atoms with van der Waals surface area (Å²) < 4.78 is 0.812. The predicted molar refractivity (Wildman–Crippen MR) is 136 cm³/mol. The Kier molecular flexibility index (Phi) is 8.45. The Morgan fingerprint density at radius 1 is 1.19 bits per heavy atom. The van der Waals surface area contributed by atoms with Crippen LogP contribution in [0.15, 0.2) is 27.5 Å². The minimum atomic E-state index is -0.289. The van der Waals surface area contributed by atoms with Gasteiger partial charge in [-0.2, -0.15) is 0 Å². The Morgan fingerprint density at radius 2 is 1.88 bits per heavy atom. The van der Waals surface area contributed by atoms with Crippen molar-refractivity contribution >= 4 is 39.1 Å². The average molecular weight is 523 g/mol. The molecule has 1 aliphatic rings. The molecule has 32 heavy (non-hydrogen) atoms. The lowest BCUT2D eigenvalue weighted by molar-refractivity contribution is 0.0951. The van der Waals surface area contributed by atoms with E-state index in [2.05, 4.69) is 45.0 Å². The van der Waals surface area contributed by atoms with Crippen molar-refractivity contribution in [1.29, 1.82) is 0 Å². The normalized spacial score (nSPS) is 18.4. The van der Waals surface area contributed by atoms with E-state index in [9.17, 15) is 9.59 Å². The fraction of sp³-hybridized carbons (Fsp3) is 0.520. The highest BCUT2D eigenvalue weighted by Gasteiger charge is 2.27. The van der Waals surface area contributed by atoms with E-state index < -0.39 is 0 Å². The number of amides is 1. The van der Waals surface area contributed by atoms with E-state index in [1.54, 1.807) is 6.07 Å². The maximum Gasteiger partial charge on any atom is 0.253 e. The molecular formula is C25H33BrClN3O2. The highest BCUT2D eigenvalue weighted by molar-refractivity contribution is 9.10. The Morgan fingerprint density at radius 3 is 2.47 bits per heavy atom.